The lowest BCUT2D eigenvalue weighted by Gasteiger charge is -2.09. The van der Waals surface area contributed by atoms with Crippen molar-refractivity contribution in [2.24, 2.45) is 5.14 Å². The summed E-state index contributed by atoms with van der Waals surface area (Å²) >= 11 is 5.82. The van der Waals surface area contributed by atoms with Gasteiger partial charge in [-0.1, -0.05) is 11.6 Å². The molecule has 0 fully saturated rings. The molecule has 1 amide bonds. The monoisotopic (exact) mass is 262 g/mol. The number of carbonyl (C=O) groups is 1. The summed E-state index contributed by atoms with van der Waals surface area (Å²) in [5, 5.41) is 7.62. The molecule has 0 spiro atoms. The first-order chi connectivity index (χ1) is 7.21. The van der Waals surface area contributed by atoms with Gasteiger partial charge in [0.05, 0.1) is 15.6 Å². The van der Waals surface area contributed by atoms with Crippen LogP contribution in [0.5, 0.6) is 0 Å². The summed E-state index contributed by atoms with van der Waals surface area (Å²) in [6.45, 7) is 2.90. The van der Waals surface area contributed by atoms with Crippen LogP contribution in [0.25, 0.3) is 0 Å². The van der Waals surface area contributed by atoms with Crippen molar-refractivity contribution in [3.8, 4) is 0 Å². The van der Waals surface area contributed by atoms with E-state index in [0.717, 1.165) is 0 Å². The van der Waals surface area contributed by atoms with E-state index in [1.165, 1.54) is 19.1 Å². The third kappa shape index (κ3) is 2.94. The van der Waals surface area contributed by atoms with Crippen LogP contribution in [0.3, 0.4) is 0 Å². The van der Waals surface area contributed by atoms with E-state index >= 15 is 0 Å². The van der Waals surface area contributed by atoms with Gasteiger partial charge in [0.25, 0.3) is 0 Å². The first-order valence-electron chi connectivity index (χ1n) is 4.32. The van der Waals surface area contributed by atoms with Gasteiger partial charge in [-0.15, -0.1) is 0 Å². The van der Waals surface area contributed by atoms with Gasteiger partial charge in [-0.3, -0.25) is 4.79 Å². The number of aryl methyl sites for hydroxylation is 1. The minimum atomic E-state index is -3.80. The number of primary sulfonamides is 1. The van der Waals surface area contributed by atoms with E-state index in [4.69, 9.17) is 16.7 Å². The largest absolute Gasteiger partial charge is 0.325 e. The smallest absolute Gasteiger partial charge is 0.238 e. The third-order valence-corrected chi connectivity index (χ3v) is 3.25. The van der Waals surface area contributed by atoms with Crippen molar-refractivity contribution >= 4 is 33.2 Å². The molecule has 0 radical (unpaired) electrons. The van der Waals surface area contributed by atoms with Crippen LogP contribution in [-0.4, -0.2) is 14.3 Å². The normalized spacial score (nSPS) is 11.2. The standard InChI is InChI=1S/C9H11ClN2O3S/c1-5-3-8(12-6(2)13)7(10)4-9(5)16(11,14)15/h3-4H,1-2H3,(H,12,13)(H2,11,14,15). The van der Waals surface area contributed by atoms with Crippen LogP contribution in [0, 0.1) is 6.92 Å². The maximum absolute atomic E-state index is 11.2. The Bertz CT molecular complexity index is 540. The maximum Gasteiger partial charge on any atom is 0.238 e. The summed E-state index contributed by atoms with van der Waals surface area (Å²) in [5.41, 5.74) is 0.787. The first kappa shape index (κ1) is 13.0. The number of amides is 1. The number of nitrogens with two attached hydrogens (primary N) is 1. The third-order valence-electron chi connectivity index (χ3n) is 1.88. The zero-order valence-electron chi connectivity index (χ0n) is 8.74. The van der Waals surface area contributed by atoms with Crippen LogP contribution < -0.4 is 10.5 Å². The van der Waals surface area contributed by atoms with Crippen molar-refractivity contribution in [1.29, 1.82) is 0 Å². The molecular weight excluding hydrogens is 252 g/mol. The van der Waals surface area contributed by atoms with Gasteiger partial charge in [0.1, 0.15) is 0 Å². The molecule has 7 heteroatoms. The highest BCUT2D eigenvalue weighted by molar-refractivity contribution is 7.89. The number of benzene rings is 1. The number of halogens is 1. The lowest BCUT2D eigenvalue weighted by molar-refractivity contribution is -0.114. The molecule has 0 saturated carbocycles. The molecule has 0 atom stereocenters. The van der Waals surface area contributed by atoms with Crippen molar-refractivity contribution in [2.45, 2.75) is 18.7 Å². The Labute approximate surface area is 98.6 Å². The van der Waals surface area contributed by atoms with Crippen LogP contribution in [0.15, 0.2) is 17.0 Å². The summed E-state index contributed by atoms with van der Waals surface area (Å²) in [7, 11) is -3.80. The van der Waals surface area contributed by atoms with Crippen molar-refractivity contribution in [3.05, 3.63) is 22.7 Å². The Balaban J connectivity index is 3.33. The second kappa shape index (κ2) is 4.40. The summed E-state index contributed by atoms with van der Waals surface area (Å²) < 4.78 is 22.3. The second-order valence-corrected chi connectivity index (χ2v) is 5.26. The van der Waals surface area contributed by atoms with Crippen LogP contribution >= 0.6 is 11.6 Å². The summed E-state index contributed by atoms with van der Waals surface area (Å²) in [4.78, 5) is 10.8. The Morgan fingerprint density at radius 2 is 2.00 bits per heavy atom. The van der Waals surface area contributed by atoms with Gasteiger partial charge in [0, 0.05) is 6.92 Å². The van der Waals surface area contributed by atoms with E-state index in [1.807, 2.05) is 0 Å². The summed E-state index contributed by atoms with van der Waals surface area (Å²) in [6, 6.07) is 2.68. The number of nitrogens with one attached hydrogen (secondary N) is 1. The summed E-state index contributed by atoms with van der Waals surface area (Å²) in [6.07, 6.45) is 0. The molecule has 3 N–H and O–H groups in total. The van der Waals surface area contributed by atoms with Gasteiger partial charge < -0.3 is 5.32 Å². The summed E-state index contributed by atoms with van der Waals surface area (Å²) in [5.74, 6) is -0.287. The van der Waals surface area contributed by atoms with E-state index in [1.54, 1.807) is 6.92 Å². The topological polar surface area (TPSA) is 89.3 Å². The number of carbonyl (C=O) groups excluding carboxylic acids is 1. The minimum Gasteiger partial charge on any atom is -0.325 e. The van der Waals surface area contributed by atoms with Gasteiger partial charge in [0.2, 0.25) is 15.9 Å². The highest BCUT2D eigenvalue weighted by Crippen LogP contribution is 2.27. The van der Waals surface area contributed by atoms with E-state index in [0.29, 0.717) is 11.3 Å². The molecule has 0 unspecified atom stereocenters. The van der Waals surface area contributed by atoms with Gasteiger partial charge in [0.15, 0.2) is 0 Å². The molecule has 1 rings (SSSR count). The van der Waals surface area contributed by atoms with Crippen molar-refractivity contribution in [3.63, 3.8) is 0 Å². The molecule has 0 aromatic heterocycles. The zero-order valence-corrected chi connectivity index (χ0v) is 10.3. The first-order valence-corrected chi connectivity index (χ1v) is 6.25. The number of hydrogen-bond donors (Lipinski definition) is 2. The zero-order chi connectivity index (χ0) is 12.5. The molecule has 0 bridgehead atoms. The fraction of sp³-hybridized carbons (Fsp3) is 0.222. The molecule has 1 aromatic rings. The quantitative estimate of drug-likeness (QED) is 0.841. The number of hydrogen-bond acceptors (Lipinski definition) is 3. The Hall–Kier alpha value is -1.11. The van der Waals surface area contributed by atoms with Gasteiger partial charge >= 0.3 is 0 Å². The predicted molar refractivity (Wildman–Crippen MR) is 61.9 cm³/mol. The van der Waals surface area contributed by atoms with Crippen molar-refractivity contribution in [1.82, 2.24) is 0 Å². The Morgan fingerprint density at radius 1 is 1.44 bits per heavy atom. The lowest BCUT2D eigenvalue weighted by atomic mass is 10.2. The molecule has 0 saturated heterocycles. The van der Waals surface area contributed by atoms with Crippen LogP contribution in [0.4, 0.5) is 5.69 Å². The van der Waals surface area contributed by atoms with Gasteiger partial charge in [-0.2, -0.15) is 0 Å². The van der Waals surface area contributed by atoms with E-state index < -0.39 is 10.0 Å². The number of anilines is 1. The molecule has 0 aliphatic rings. The molecule has 88 valence electrons. The minimum absolute atomic E-state index is 0.0494. The van der Waals surface area contributed by atoms with Crippen molar-refractivity contribution < 1.29 is 13.2 Å². The Kier molecular flexibility index (Phi) is 3.57. The maximum atomic E-state index is 11.2. The Morgan fingerprint density at radius 3 is 2.44 bits per heavy atom. The molecule has 16 heavy (non-hydrogen) atoms. The van der Waals surface area contributed by atoms with Crippen LogP contribution in [-0.2, 0) is 14.8 Å². The highest BCUT2D eigenvalue weighted by atomic mass is 35.5. The van der Waals surface area contributed by atoms with E-state index in [9.17, 15) is 13.2 Å². The molecule has 0 aliphatic heterocycles. The van der Waals surface area contributed by atoms with Crippen LogP contribution in [0.2, 0.25) is 5.02 Å². The average molecular weight is 263 g/mol. The fourth-order valence-corrected chi connectivity index (χ4v) is 2.32. The molecule has 1 aromatic carbocycles. The fourth-order valence-electron chi connectivity index (χ4n) is 1.26. The molecule has 0 aliphatic carbocycles. The molecule has 0 heterocycles. The SMILES string of the molecule is CC(=O)Nc1cc(C)c(S(N)(=O)=O)cc1Cl. The lowest BCUT2D eigenvalue weighted by Crippen LogP contribution is -2.14. The second-order valence-electron chi connectivity index (χ2n) is 3.32. The molecule has 5 nitrogen and oxygen atoms in total. The predicted octanol–water partition coefficient (Wildman–Crippen LogP) is 1.25. The number of sulfonamides is 1. The van der Waals surface area contributed by atoms with Gasteiger partial charge in [-0.25, -0.2) is 13.6 Å². The highest BCUT2D eigenvalue weighted by Gasteiger charge is 2.14. The van der Waals surface area contributed by atoms with E-state index in [-0.39, 0.29) is 15.8 Å². The van der Waals surface area contributed by atoms with E-state index in [2.05, 4.69) is 5.32 Å². The van der Waals surface area contributed by atoms with Crippen molar-refractivity contribution in [2.75, 3.05) is 5.32 Å². The average Bonchev–Trinajstić information content (AvgIpc) is 2.07. The molecular formula is C9H11ClN2O3S. The van der Waals surface area contributed by atoms with Gasteiger partial charge in [-0.05, 0) is 24.6 Å². The number of rotatable bonds is 2. The van der Waals surface area contributed by atoms with Crippen LogP contribution in [0.1, 0.15) is 12.5 Å².